The summed E-state index contributed by atoms with van der Waals surface area (Å²) in [6.45, 7) is 3.97. The molecule has 3 aromatic rings. The van der Waals surface area contributed by atoms with E-state index in [1.807, 2.05) is 44.2 Å². The Labute approximate surface area is 180 Å². The van der Waals surface area contributed by atoms with Crippen LogP contribution in [-0.4, -0.2) is 38.4 Å². The van der Waals surface area contributed by atoms with Crippen LogP contribution in [0.3, 0.4) is 0 Å². The Bertz CT molecular complexity index is 1070. The zero-order chi connectivity index (χ0) is 21.8. The SMILES string of the molecule is CC(C)Oc1cccc(O[C@@H]2CC[C@H](N)C2)c1-c1cc(Nc2cnc(C#N)cn2)n[nH]1. The maximum absolute atomic E-state index is 8.86. The molecule has 0 amide bonds. The molecule has 0 spiro atoms. The minimum Gasteiger partial charge on any atom is -0.490 e. The van der Waals surface area contributed by atoms with E-state index in [4.69, 9.17) is 20.5 Å². The van der Waals surface area contributed by atoms with E-state index < -0.39 is 0 Å². The van der Waals surface area contributed by atoms with Crippen molar-refractivity contribution in [3.8, 4) is 28.8 Å². The number of nitrogens with one attached hydrogen (secondary N) is 2. The average molecular weight is 419 g/mol. The number of rotatable bonds is 7. The molecule has 1 aliphatic carbocycles. The first-order valence-corrected chi connectivity index (χ1v) is 10.3. The highest BCUT2D eigenvalue weighted by molar-refractivity contribution is 5.76. The van der Waals surface area contributed by atoms with Crippen LogP contribution in [0.4, 0.5) is 11.6 Å². The van der Waals surface area contributed by atoms with E-state index in [2.05, 4.69) is 25.5 Å². The van der Waals surface area contributed by atoms with Gasteiger partial charge in [0.1, 0.15) is 29.5 Å². The van der Waals surface area contributed by atoms with Gasteiger partial charge in [0.15, 0.2) is 11.5 Å². The van der Waals surface area contributed by atoms with Gasteiger partial charge in [0.2, 0.25) is 0 Å². The second-order valence-electron chi connectivity index (χ2n) is 7.80. The van der Waals surface area contributed by atoms with Crippen LogP contribution in [0.5, 0.6) is 11.5 Å². The standard InChI is InChI=1S/C22H25N7O2/c1-13(2)30-18-4-3-5-19(31-16-7-6-14(24)8-16)22(18)17-9-20(29-28-17)27-21-12-25-15(10-23)11-26-21/h3-5,9,11-14,16H,6-8,24H2,1-2H3,(H2,26,27,28,29)/t14-,16+/m0/s1. The van der Waals surface area contributed by atoms with Crippen molar-refractivity contribution in [1.29, 1.82) is 5.26 Å². The highest BCUT2D eigenvalue weighted by atomic mass is 16.5. The van der Waals surface area contributed by atoms with Crippen LogP contribution >= 0.6 is 0 Å². The molecule has 4 rings (SSSR count). The molecule has 2 atom stereocenters. The van der Waals surface area contributed by atoms with Crippen molar-refractivity contribution >= 4 is 11.6 Å². The van der Waals surface area contributed by atoms with Crippen molar-refractivity contribution in [2.45, 2.75) is 51.4 Å². The molecular formula is C22H25N7O2. The molecule has 2 heterocycles. The largest absolute Gasteiger partial charge is 0.490 e. The maximum Gasteiger partial charge on any atom is 0.158 e. The van der Waals surface area contributed by atoms with Crippen LogP contribution in [-0.2, 0) is 0 Å². The van der Waals surface area contributed by atoms with Gasteiger partial charge < -0.3 is 20.5 Å². The number of aromatic amines is 1. The Morgan fingerprint density at radius 2 is 2.03 bits per heavy atom. The fraction of sp³-hybridized carbons (Fsp3) is 0.364. The van der Waals surface area contributed by atoms with Crippen molar-refractivity contribution in [3.63, 3.8) is 0 Å². The van der Waals surface area contributed by atoms with Gasteiger partial charge in [-0.2, -0.15) is 10.4 Å². The summed E-state index contributed by atoms with van der Waals surface area (Å²) in [6.07, 6.45) is 5.71. The minimum absolute atomic E-state index is 0.00310. The van der Waals surface area contributed by atoms with Gasteiger partial charge in [-0.15, -0.1) is 0 Å². The molecule has 160 valence electrons. The highest BCUT2D eigenvalue weighted by Crippen LogP contribution is 2.40. The van der Waals surface area contributed by atoms with Crippen molar-refractivity contribution in [1.82, 2.24) is 20.2 Å². The summed E-state index contributed by atoms with van der Waals surface area (Å²) in [4.78, 5) is 8.17. The minimum atomic E-state index is 0.00310. The number of benzene rings is 1. The van der Waals surface area contributed by atoms with Gasteiger partial charge in [-0.05, 0) is 45.2 Å². The summed E-state index contributed by atoms with van der Waals surface area (Å²) >= 11 is 0. The van der Waals surface area contributed by atoms with Crippen LogP contribution < -0.4 is 20.5 Å². The smallest absolute Gasteiger partial charge is 0.158 e. The zero-order valence-electron chi connectivity index (χ0n) is 17.5. The van der Waals surface area contributed by atoms with Crippen molar-refractivity contribution < 1.29 is 9.47 Å². The first-order valence-electron chi connectivity index (χ1n) is 10.3. The van der Waals surface area contributed by atoms with E-state index in [0.29, 0.717) is 17.4 Å². The number of nitrogens with two attached hydrogens (primary N) is 1. The number of nitrogens with zero attached hydrogens (tertiary/aromatic N) is 4. The Morgan fingerprint density at radius 1 is 1.19 bits per heavy atom. The van der Waals surface area contributed by atoms with E-state index in [9.17, 15) is 0 Å². The molecule has 4 N–H and O–H groups in total. The van der Waals surface area contributed by atoms with Crippen LogP contribution in [0, 0.1) is 11.3 Å². The monoisotopic (exact) mass is 419 g/mol. The van der Waals surface area contributed by atoms with Crippen LogP contribution in [0.2, 0.25) is 0 Å². The van der Waals surface area contributed by atoms with Gasteiger partial charge in [-0.25, -0.2) is 9.97 Å². The quantitative estimate of drug-likeness (QED) is 0.529. The molecule has 9 nitrogen and oxygen atoms in total. The summed E-state index contributed by atoms with van der Waals surface area (Å²) < 4.78 is 12.4. The highest BCUT2D eigenvalue weighted by Gasteiger charge is 2.25. The molecule has 0 saturated heterocycles. The van der Waals surface area contributed by atoms with E-state index >= 15 is 0 Å². The predicted molar refractivity (Wildman–Crippen MR) is 116 cm³/mol. The van der Waals surface area contributed by atoms with E-state index in [1.165, 1.54) is 12.4 Å². The third-order valence-corrected chi connectivity index (χ3v) is 4.94. The van der Waals surface area contributed by atoms with Crippen molar-refractivity contribution in [2.75, 3.05) is 5.32 Å². The lowest BCUT2D eigenvalue weighted by Crippen LogP contribution is -2.19. The maximum atomic E-state index is 8.86. The number of anilines is 2. The molecule has 0 bridgehead atoms. The molecule has 31 heavy (non-hydrogen) atoms. The molecule has 1 aliphatic rings. The number of hydrogen-bond acceptors (Lipinski definition) is 8. The molecule has 1 aromatic carbocycles. The topological polar surface area (TPSA) is 135 Å². The normalized spacial score (nSPS) is 18.0. The summed E-state index contributed by atoms with van der Waals surface area (Å²) in [5, 5.41) is 19.3. The summed E-state index contributed by atoms with van der Waals surface area (Å²) in [7, 11) is 0. The Kier molecular flexibility index (Phi) is 6.00. The molecule has 0 aliphatic heterocycles. The van der Waals surface area contributed by atoms with Crippen LogP contribution in [0.15, 0.2) is 36.7 Å². The van der Waals surface area contributed by atoms with Gasteiger partial charge in [0, 0.05) is 12.1 Å². The molecule has 1 saturated carbocycles. The summed E-state index contributed by atoms with van der Waals surface area (Å²) in [5.74, 6) is 2.48. The lowest BCUT2D eigenvalue weighted by molar-refractivity contribution is 0.205. The van der Waals surface area contributed by atoms with Crippen LogP contribution in [0.1, 0.15) is 38.8 Å². The average Bonchev–Trinajstić information content (AvgIpc) is 3.37. The van der Waals surface area contributed by atoms with Gasteiger partial charge in [0.05, 0.1) is 29.8 Å². The van der Waals surface area contributed by atoms with Crippen molar-refractivity contribution in [2.24, 2.45) is 5.73 Å². The second-order valence-corrected chi connectivity index (χ2v) is 7.80. The van der Waals surface area contributed by atoms with Gasteiger partial charge in [-0.3, -0.25) is 5.10 Å². The summed E-state index contributed by atoms with van der Waals surface area (Å²) in [6, 6.07) is 9.76. The van der Waals surface area contributed by atoms with Gasteiger partial charge in [0.25, 0.3) is 0 Å². The lowest BCUT2D eigenvalue weighted by Gasteiger charge is -2.20. The van der Waals surface area contributed by atoms with Crippen LogP contribution in [0.25, 0.3) is 11.3 Å². The van der Waals surface area contributed by atoms with Gasteiger partial charge in [-0.1, -0.05) is 6.07 Å². The predicted octanol–water partition coefficient (Wildman–Crippen LogP) is 3.53. The number of nitriles is 1. The Hall–Kier alpha value is -3.64. The molecule has 0 radical (unpaired) electrons. The first kappa shape index (κ1) is 20.6. The van der Waals surface area contributed by atoms with E-state index in [0.717, 1.165) is 36.3 Å². The number of H-pyrrole nitrogens is 1. The van der Waals surface area contributed by atoms with Gasteiger partial charge >= 0.3 is 0 Å². The number of ether oxygens (including phenoxy) is 2. The van der Waals surface area contributed by atoms with E-state index in [1.54, 1.807) is 0 Å². The Balaban J connectivity index is 1.63. The molecule has 1 fully saturated rings. The molecule has 2 aromatic heterocycles. The third-order valence-electron chi connectivity index (χ3n) is 4.94. The van der Waals surface area contributed by atoms with E-state index in [-0.39, 0.29) is 23.9 Å². The number of aromatic nitrogens is 4. The Morgan fingerprint density at radius 3 is 2.71 bits per heavy atom. The number of hydrogen-bond donors (Lipinski definition) is 3. The molecule has 0 unspecified atom stereocenters. The second kappa shape index (κ2) is 9.02. The lowest BCUT2D eigenvalue weighted by atomic mass is 10.1. The summed E-state index contributed by atoms with van der Waals surface area (Å²) in [5.41, 5.74) is 7.87. The third kappa shape index (κ3) is 4.92. The zero-order valence-corrected chi connectivity index (χ0v) is 17.5. The molecule has 9 heteroatoms. The fourth-order valence-electron chi connectivity index (χ4n) is 3.58. The first-order chi connectivity index (χ1) is 15.0. The van der Waals surface area contributed by atoms with Crippen molar-refractivity contribution in [3.05, 3.63) is 42.4 Å². The molecular weight excluding hydrogens is 394 g/mol. The fourth-order valence-corrected chi connectivity index (χ4v) is 3.58.